The van der Waals surface area contributed by atoms with Gasteiger partial charge in [0.1, 0.15) is 18.7 Å². The van der Waals surface area contributed by atoms with Crippen molar-refractivity contribution in [1.82, 2.24) is 25.8 Å². The van der Waals surface area contributed by atoms with Crippen molar-refractivity contribution in [3.8, 4) is 11.5 Å². The molecule has 2 bridgehead atoms. The van der Waals surface area contributed by atoms with E-state index in [2.05, 4.69) is 16.0 Å². The van der Waals surface area contributed by atoms with Gasteiger partial charge < -0.3 is 30.3 Å². The summed E-state index contributed by atoms with van der Waals surface area (Å²) in [5, 5.41) is 8.60. The molecule has 2 aromatic rings. The smallest absolute Gasteiger partial charge is 0.252 e. The fourth-order valence-electron chi connectivity index (χ4n) is 5.12. The van der Waals surface area contributed by atoms with Gasteiger partial charge in [-0.3, -0.25) is 24.1 Å². The molecule has 0 spiro atoms. The maximum Gasteiger partial charge on any atom is 0.252 e. The van der Waals surface area contributed by atoms with Gasteiger partial charge >= 0.3 is 0 Å². The summed E-state index contributed by atoms with van der Waals surface area (Å²) in [6, 6.07) is 13.3. The van der Waals surface area contributed by atoms with Crippen molar-refractivity contribution < 1.29 is 28.7 Å². The van der Waals surface area contributed by atoms with Gasteiger partial charge in [-0.25, -0.2) is 0 Å². The highest BCUT2D eigenvalue weighted by molar-refractivity contribution is 5.98. The summed E-state index contributed by atoms with van der Waals surface area (Å²) in [5.74, 6) is -0.291. The van der Waals surface area contributed by atoms with Crippen LogP contribution in [-0.4, -0.2) is 92.0 Å². The average molecular weight is 566 g/mol. The lowest BCUT2D eigenvalue weighted by atomic mass is 10.1. The van der Waals surface area contributed by atoms with E-state index >= 15 is 0 Å². The molecule has 0 radical (unpaired) electrons. The van der Waals surface area contributed by atoms with Gasteiger partial charge in [0, 0.05) is 31.7 Å². The average Bonchev–Trinajstić information content (AvgIpc) is 3.47. The van der Waals surface area contributed by atoms with Gasteiger partial charge in [-0.05, 0) is 49.9 Å². The SMILES string of the molecule is COc1cc2ccc1OCCNC(=O)CN(Cc1ccccc1)CCCNC(=O)[C@H]1CCCN1C(=O)[C@H](C)NC2=O. The number of hydrogen-bond acceptors (Lipinski definition) is 7. The zero-order valence-electron chi connectivity index (χ0n) is 23.7. The van der Waals surface area contributed by atoms with Crippen LogP contribution in [0.1, 0.15) is 42.1 Å². The second-order valence-corrected chi connectivity index (χ2v) is 10.3. The number of carbonyl (C=O) groups is 4. The number of amides is 4. The monoisotopic (exact) mass is 565 g/mol. The second kappa shape index (κ2) is 14.5. The molecule has 2 atom stereocenters. The van der Waals surface area contributed by atoms with Crippen molar-refractivity contribution in [2.45, 2.75) is 44.8 Å². The van der Waals surface area contributed by atoms with Gasteiger partial charge in [-0.2, -0.15) is 0 Å². The van der Waals surface area contributed by atoms with Gasteiger partial charge in [0.05, 0.1) is 20.2 Å². The van der Waals surface area contributed by atoms with Crippen molar-refractivity contribution in [1.29, 1.82) is 0 Å². The molecule has 1 saturated heterocycles. The minimum absolute atomic E-state index is 0.135. The van der Waals surface area contributed by atoms with Crippen LogP contribution in [0.25, 0.3) is 0 Å². The highest BCUT2D eigenvalue weighted by Gasteiger charge is 2.36. The Labute approximate surface area is 240 Å². The van der Waals surface area contributed by atoms with Crippen LogP contribution < -0.4 is 25.4 Å². The number of benzene rings is 2. The third kappa shape index (κ3) is 8.20. The van der Waals surface area contributed by atoms with E-state index in [1.165, 1.54) is 7.11 Å². The lowest BCUT2D eigenvalue weighted by Gasteiger charge is -2.27. The molecular weight excluding hydrogens is 526 g/mol. The molecule has 5 rings (SSSR count). The number of carbonyl (C=O) groups excluding carboxylic acids is 4. The summed E-state index contributed by atoms with van der Waals surface area (Å²) in [6.45, 7) is 4.38. The number of ether oxygens (including phenoxy) is 2. The van der Waals surface area contributed by atoms with Crippen molar-refractivity contribution in [2.24, 2.45) is 0 Å². The summed E-state index contributed by atoms with van der Waals surface area (Å²) in [6.07, 6.45) is 1.91. The Bertz CT molecular complexity index is 1220. The Morgan fingerprint density at radius 2 is 1.78 bits per heavy atom. The van der Waals surface area contributed by atoms with Crippen LogP contribution in [0.2, 0.25) is 0 Å². The number of nitrogens with one attached hydrogen (secondary N) is 3. The number of fused-ring (bicyclic) bond motifs is 16. The summed E-state index contributed by atoms with van der Waals surface area (Å²) in [7, 11) is 1.47. The summed E-state index contributed by atoms with van der Waals surface area (Å²) >= 11 is 0. The molecule has 0 unspecified atom stereocenters. The van der Waals surface area contributed by atoms with E-state index in [9.17, 15) is 19.2 Å². The molecule has 11 heteroatoms. The molecule has 220 valence electrons. The van der Waals surface area contributed by atoms with Crippen molar-refractivity contribution >= 4 is 23.6 Å². The van der Waals surface area contributed by atoms with Gasteiger partial charge in [0.15, 0.2) is 11.5 Å². The molecule has 11 nitrogen and oxygen atoms in total. The van der Waals surface area contributed by atoms with Crippen LogP contribution in [-0.2, 0) is 20.9 Å². The molecule has 0 saturated carbocycles. The Morgan fingerprint density at radius 3 is 2.56 bits per heavy atom. The van der Waals surface area contributed by atoms with Crippen LogP contribution in [0.5, 0.6) is 11.5 Å². The van der Waals surface area contributed by atoms with E-state index in [1.807, 2.05) is 35.2 Å². The van der Waals surface area contributed by atoms with Gasteiger partial charge in [-0.1, -0.05) is 30.3 Å². The van der Waals surface area contributed by atoms with Gasteiger partial charge in [0.2, 0.25) is 17.7 Å². The van der Waals surface area contributed by atoms with Gasteiger partial charge in [0.25, 0.3) is 5.91 Å². The van der Waals surface area contributed by atoms with E-state index in [0.717, 1.165) is 5.56 Å². The lowest BCUT2D eigenvalue weighted by Crippen LogP contribution is -2.52. The molecule has 3 heterocycles. The van der Waals surface area contributed by atoms with E-state index in [4.69, 9.17) is 9.47 Å². The predicted molar refractivity (Wildman–Crippen MR) is 153 cm³/mol. The zero-order valence-corrected chi connectivity index (χ0v) is 23.7. The minimum Gasteiger partial charge on any atom is -0.493 e. The fourth-order valence-corrected chi connectivity index (χ4v) is 5.12. The van der Waals surface area contributed by atoms with Crippen LogP contribution in [0, 0.1) is 0 Å². The van der Waals surface area contributed by atoms with Gasteiger partial charge in [-0.15, -0.1) is 0 Å². The minimum atomic E-state index is -0.814. The topological polar surface area (TPSA) is 129 Å². The molecular formula is C30H39N5O6. The predicted octanol–water partition coefficient (Wildman–Crippen LogP) is 1.32. The maximum atomic E-state index is 13.2. The van der Waals surface area contributed by atoms with Crippen LogP contribution in [0.15, 0.2) is 48.5 Å². The number of hydrogen-bond donors (Lipinski definition) is 3. The van der Waals surface area contributed by atoms with E-state index in [-0.39, 0.29) is 37.4 Å². The third-order valence-corrected chi connectivity index (χ3v) is 7.23. The normalized spacial score (nSPS) is 22.0. The molecule has 41 heavy (non-hydrogen) atoms. The van der Waals surface area contributed by atoms with Crippen molar-refractivity contribution in [2.75, 3.05) is 46.4 Å². The van der Waals surface area contributed by atoms with Crippen LogP contribution >= 0.6 is 0 Å². The summed E-state index contributed by atoms with van der Waals surface area (Å²) in [5.41, 5.74) is 1.39. The van der Waals surface area contributed by atoms with Crippen molar-refractivity contribution in [3.05, 3.63) is 59.7 Å². The van der Waals surface area contributed by atoms with Crippen LogP contribution in [0.3, 0.4) is 0 Å². The fraction of sp³-hybridized carbons (Fsp3) is 0.467. The summed E-state index contributed by atoms with van der Waals surface area (Å²) in [4.78, 5) is 55.5. The first-order valence-electron chi connectivity index (χ1n) is 14.1. The third-order valence-electron chi connectivity index (χ3n) is 7.23. The Hall–Kier alpha value is -4.12. The second-order valence-electron chi connectivity index (χ2n) is 10.3. The highest BCUT2D eigenvalue weighted by atomic mass is 16.5. The number of nitrogens with zero attached hydrogens (tertiary/aromatic N) is 2. The zero-order chi connectivity index (χ0) is 29.2. The first kappa shape index (κ1) is 29.9. The van der Waals surface area contributed by atoms with E-state index in [1.54, 1.807) is 30.0 Å². The molecule has 3 aliphatic rings. The molecule has 0 aromatic heterocycles. The number of methoxy groups -OCH3 is 1. The number of rotatable bonds is 3. The Balaban J connectivity index is 1.50. The molecule has 3 N–H and O–H groups in total. The maximum absolute atomic E-state index is 13.2. The van der Waals surface area contributed by atoms with Crippen LogP contribution in [0.4, 0.5) is 0 Å². The summed E-state index contributed by atoms with van der Waals surface area (Å²) < 4.78 is 11.2. The standard InChI is InChI=1S/C30H39N5O6/c1-21-30(39)35-16-6-10-24(35)29(38)32-13-7-15-34(19-22-8-4-3-5-9-22)20-27(36)31-14-17-41-25-12-11-23(28(37)33-21)18-26(25)40-2/h3-5,8-9,11-12,18,21,24H,6-7,10,13-17,19-20H2,1-2H3,(H,31,36)(H,32,38)(H,33,37)/t21-,24+/m0/s1. The largest absolute Gasteiger partial charge is 0.493 e. The van der Waals surface area contributed by atoms with E-state index in [0.29, 0.717) is 62.5 Å². The molecule has 0 aliphatic carbocycles. The molecule has 3 aliphatic heterocycles. The Morgan fingerprint density at radius 1 is 0.976 bits per heavy atom. The first-order valence-corrected chi connectivity index (χ1v) is 14.1. The molecule has 2 aromatic carbocycles. The first-order chi connectivity index (χ1) is 19.9. The van der Waals surface area contributed by atoms with Crippen molar-refractivity contribution in [3.63, 3.8) is 0 Å². The highest BCUT2D eigenvalue weighted by Crippen LogP contribution is 2.28. The lowest BCUT2D eigenvalue weighted by molar-refractivity contribution is -0.139. The van der Waals surface area contributed by atoms with E-state index < -0.39 is 18.0 Å². The molecule has 1 fully saturated rings. The Kier molecular flexibility index (Phi) is 10.6. The molecule has 4 amide bonds. The quantitative estimate of drug-likeness (QED) is 0.479.